The molecule has 1 N–H and O–H groups in total. The molecule has 6 heteroatoms. The van der Waals surface area contributed by atoms with E-state index in [1.165, 1.54) is 31.4 Å². The zero-order chi connectivity index (χ0) is 17.6. The number of nitrogens with one attached hydrogen (secondary N) is 1. The molecule has 2 aromatic rings. The minimum atomic E-state index is -0.311. The van der Waals surface area contributed by atoms with Crippen molar-refractivity contribution in [2.24, 2.45) is 0 Å². The Balaban J connectivity index is 1.60. The zero-order valence-electron chi connectivity index (χ0n) is 14.4. The summed E-state index contributed by atoms with van der Waals surface area (Å²) in [6.07, 6.45) is 4.90. The van der Waals surface area contributed by atoms with Crippen LogP contribution < -0.4 is 10.2 Å². The first kappa shape index (κ1) is 17.3. The molecule has 25 heavy (non-hydrogen) atoms. The summed E-state index contributed by atoms with van der Waals surface area (Å²) >= 11 is 0. The van der Waals surface area contributed by atoms with Crippen LogP contribution in [0.15, 0.2) is 36.4 Å². The molecule has 1 aliphatic heterocycles. The topological polar surface area (TPSA) is 58.1 Å². The van der Waals surface area contributed by atoms with Gasteiger partial charge in [-0.1, -0.05) is 19.1 Å². The van der Waals surface area contributed by atoms with Gasteiger partial charge in [-0.05, 0) is 55.5 Å². The summed E-state index contributed by atoms with van der Waals surface area (Å²) in [5.41, 5.74) is 0.752. The molecule has 132 valence electrons. The SMILES string of the molecule is CCC1CCCCN1c1ccc(NC(=O)Cc2ccc(F)cc2)nn1. The Bertz CT molecular complexity index is 702. The van der Waals surface area contributed by atoms with E-state index in [0.29, 0.717) is 11.9 Å². The van der Waals surface area contributed by atoms with Crippen molar-refractivity contribution in [3.63, 3.8) is 0 Å². The highest BCUT2D eigenvalue weighted by atomic mass is 19.1. The van der Waals surface area contributed by atoms with Gasteiger partial charge >= 0.3 is 0 Å². The standard InChI is InChI=1S/C19H23FN4O/c1-2-16-5-3-4-12-24(16)18-11-10-17(22-23-18)21-19(25)13-14-6-8-15(20)9-7-14/h6-11,16H,2-5,12-13H2,1H3,(H,21,22,25). The van der Waals surface area contributed by atoms with E-state index < -0.39 is 0 Å². The second-order valence-electron chi connectivity index (χ2n) is 6.38. The summed E-state index contributed by atoms with van der Waals surface area (Å²) in [6, 6.07) is 10.1. The number of aromatic nitrogens is 2. The number of halogens is 1. The molecule has 2 heterocycles. The Labute approximate surface area is 147 Å². The monoisotopic (exact) mass is 342 g/mol. The smallest absolute Gasteiger partial charge is 0.229 e. The van der Waals surface area contributed by atoms with E-state index >= 15 is 0 Å². The highest BCUT2D eigenvalue weighted by molar-refractivity contribution is 5.91. The Kier molecular flexibility index (Phi) is 5.58. The van der Waals surface area contributed by atoms with Crippen molar-refractivity contribution in [1.29, 1.82) is 0 Å². The molecule has 1 unspecified atom stereocenters. The maximum Gasteiger partial charge on any atom is 0.229 e. The molecule has 0 aliphatic carbocycles. The Morgan fingerprint density at radius 3 is 2.68 bits per heavy atom. The van der Waals surface area contributed by atoms with Crippen LogP contribution in [-0.4, -0.2) is 28.7 Å². The lowest BCUT2D eigenvalue weighted by Gasteiger charge is -2.35. The second-order valence-corrected chi connectivity index (χ2v) is 6.38. The lowest BCUT2D eigenvalue weighted by Crippen LogP contribution is -2.39. The first-order chi connectivity index (χ1) is 12.2. The molecule has 1 aromatic heterocycles. The summed E-state index contributed by atoms with van der Waals surface area (Å²) in [5, 5.41) is 11.2. The summed E-state index contributed by atoms with van der Waals surface area (Å²) in [5.74, 6) is 0.788. The third-order valence-electron chi connectivity index (χ3n) is 4.59. The van der Waals surface area contributed by atoms with Gasteiger partial charge in [0.2, 0.25) is 5.91 Å². The molecular formula is C19H23FN4O. The van der Waals surface area contributed by atoms with E-state index in [-0.39, 0.29) is 18.1 Å². The number of amides is 1. The van der Waals surface area contributed by atoms with Crippen LogP contribution in [-0.2, 0) is 11.2 Å². The summed E-state index contributed by atoms with van der Waals surface area (Å²) in [7, 11) is 0. The van der Waals surface area contributed by atoms with Gasteiger partial charge in [0.15, 0.2) is 11.6 Å². The fraction of sp³-hybridized carbons (Fsp3) is 0.421. The van der Waals surface area contributed by atoms with Gasteiger partial charge < -0.3 is 10.2 Å². The normalized spacial score (nSPS) is 17.4. The van der Waals surface area contributed by atoms with Gasteiger partial charge in [0.25, 0.3) is 0 Å². The fourth-order valence-corrected chi connectivity index (χ4v) is 3.25. The highest BCUT2D eigenvalue weighted by Crippen LogP contribution is 2.24. The number of carbonyl (C=O) groups is 1. The molecule has 0 saturated carbocycles. The van der Waals surface area contributed by atoms with Gasteiger partial charge in [0.1, 0.15) is 5.82 Å². The minimum Gasteiger partial charge on any atom is -0.352 e. The third kappa shape index (κ3) is 4.53. The van der Waals surface area contributed by atoms with Crippen molar-refractivity contribution in [3.8, 4) is 0 Å². The Hall–Kier alpha value is -2.50. The molecular weight excluding hydrogens is 319 g/mol. The van der Waals surface area contributed by atoms with Crippen molar-refractivity contribution in [2.45, 2.75) is 45.1 Å². The van der Waals surface area contributed by atoms with E-state index in [4.69, 9.17) is 0 Å². The first-order valence-electron chi connectivity index (χ1n) is 8.80. The van der Waals surface area contributed by atoms with Crippen LogP contribution in [0.4, 0.5) is 16.0 Å². The lowest BCUT2D eigenvalue weighted by molar-refractivity contribution is -0.115. The number of nitrogens with zero attached hydrogens (tertiary/aromatic N) is 3. The van der Waals surface area contributed by atoms with Gasteiger partial charge in [0.05, 0.1) is 6.42 Å². The van der Waals surface area contributed by atoms with Crippen molar-refractivity contribution < 1.29 is 9.18 Å². The predicted octanol–water partition coefficient (Wildman–Crippen LogP) is 3.57. The van der Waals surface area contributed by atoms with E-state index in [2.05, 4.69) is 27.3 Å². The number of piperidine rings is 1. The molecule has 1 aliphatic rings. The maximum absolute atomic E-state index is 12.9. The number of benzene rings is 1. The minimum absolute atomic E-state index is 0.174. The van der Waals surface area contributed by atoms with Crippen molar-refractivity contribution >= 4 is 17.5 Å². The number of hydrogen-bond acceptors (Lipinski definition) is 4. The van der Waals surface area contributed by atoms with Crippen LogP contribution >= 0.6 is 0 Å². The molecule has 1 aromatic carbocycles. The zero-order valence-corrected chi connectivity index (χ0v) is 14.4. The van der Waals surface area contributed by atoms with Crippen LogP contribution in [0.2, 0.25) is 0 Å². The Morgan fingerprint density at radius 2 is 2.00 bits per heavy atom. The average molecular weight is 342 g/mol. The van der Waals surface area contributed by atoms with Crippen molar-refractivity contribution in [1.82, 2.24) is 10.2 Å². The predicted molar refractivity (Wildman–Crippen MR) is 96.0 cm³/mol. The second kappa shape index (κ2) is 8.05. The largest absolute Gasteiger partial charge is 0.352 e. The molecule has 3 rings (SSSR count). The van der Waals surface area contributed by atoms with Crippen LogP contribution in [0.5, 0.6) is 0 Å². The van der Waals surface area contributed by atoms with E-state index in [1.807, 2.05) is 6.07 Å². The van der Waals surface area contributed by atoms with Gasteiger partial charge in [-0.15, -0.1) is 10.2 Å². The van der Waals surface area contributed by atoms with E-state index in [9.17, 15) is 9.18 Å². The van der Waals surface area contributed by atoms with Gasteiger partial charge in [0, 0.05) is 12.6 Å². The quantitative estimate of drug-likeness (QED) is 0.902. The van der Waals surface area contributed by atoms with Crippen LogP contribution in [0.25, 0.3) is 0 Å². The molecule has 1 atom stereocenters. The van der Waals surface area contributed by atoms with Crippen LogP contribution in [0.1, 0.15) is 38.2 Å². The summed E-state index contributed by atoms with van der Waals surface area (Å²) in [6.45, 7) is 3.20. The molecule has 0 bridgehead atoms. The maximum atomic E-state index is 12.9. The average Bonchev–Trinajstić information content (AvgIpc) is 2.64. The van der Waals surface area contributed by atoms with Gasteiger partial charge in [-0.3, -0.25) is 4.79 Å². The Morgan fingerprint density at radius 1 is 1.20 bits per heavy atom. The van der Waals surface area contributed by atoms with E-state index in [0.717, 1.165) is 24.3 Å². The molecule has 1 fully saturated rings. The third-order valence-corrected chi connectivity index (χ3v) is 4.59. The molecule has 0 spiro atoms. The van der Waals surface area contributed by atoms with E-state index in [1.54, 1.807) is 18.2 Å². The molecule has 1 saturated heterocycles. The molecule has 5 nitrogen and oxygen atoms in total. The number of carbonyl (C=O) groups excluding carboxylic acids is 1. The van der Waals surface area contributed by atoms with Crippen LogP contribution in [0, 0.1) is 5.82 Å². The van der Waals surface area contributed by atoms with Gasteiger partial charge in [-0.25, -0.2) is 4.39 Å². The summed E-state index contributed by atoms with van der Waals surface area (Å²) < 4.78 is 12.9. The first-order valence-corrected chi connectivity index (χ1v) is 8.80. The van der Waals surface area contributed by atoms with Crippen molar-refractivity contribution in [2.75, 3.05) is 16.8 Å². The number of rotatable bonds is 5. The highest BCUT2D eigenvalue weighted by Gasteiger charge is 2.22. The van der Waals surface area contributed by atoms with Crippen molar-refractivity contribution in [3.05, 3.63) is 47.8 Å². The fourth-order valence-electron chi connectivity index (χ4n) is 3.25. The van der Waals surface area contributed by atoms with Gasteiger partial charge in [-0.2, -0.15) is 0 Å². The number of anilines is 2. The lowest BCUT2D eigenvalue weighted by atomic mass is 10.0. The summed E-state index contributed by atoms with van der Waals surface area (Å²) in [4.78, 5) is 14.4. The molecule has 1 amide bonds. The molecule has 0 radical (unpaired) electrons. The number of hydrogen-bond donors (Lipinski definition) is 1. The van der Waals surface area contributed by atoms with Crippen LogP contribution in [0.3, 0.4) is 0 Å².